The van der Waals surface area contributed by atoms with Gasteiger partial charge >= 0.3 is 0 Å². The van der Waals surface area contributed by atoms with Gasteiger partial charge in [0, 0.05) is 64.0 Å². The van der Waals surface area contributed by atoms with Crippen molar-refractivity contribution >= 4 is 23.6 Å². The number of aryl methyl sites for hydroxylation is 1. The van der Waals surface area contributed by atoms with Crippen molar-refractivity contribution in [2.24, 2.45) is 5.92 Å². The number of hydrogen-bond acceptors (Lipinski definition) is 6. The first-order valence-corrected chi connectivity index (χ1v) is 11.4. The second-order valence-electron chi connectivity index (χ2n) is 8.26. The van der Waals surface area contributed by atoms with Gasteiger partial charge in [-0.1, -0.05) is 0 Å². The Labute approximate surface area is 180 Å². The van der Waals surface area contributed by atoms with E-state index in [9.17, 15) is 9.59 Å². The summed E-state index contributed by atoms with van der Waals surface area (Å²) in [5.41, 5.74) is 1.00. The van der Waals surface area contributed by atoms with E-state index in [1.54, 1.807) is 0 Å². The summed E-state index contributed by atoms with van der Waals surface area (Å²) < 4.78 is 0. The van der Waals surface area contributed by atoms with Crippen LogP contribution in [-0.4, -0.2) is 77.4 Å². The first kappa shape index (κ1) is 22.3. The zero-order chi connectivity index (χ0) is 21.5. The third-order valence-corrected chi connectivity index (χ3v) is 6.16. The standard InChI is InChI=1S/C22H36N6O2/c1-4-26(5-2)21(30)18-9-6-13-28(16-18)22-24-15-17(3)20(25-22)23-11-8-14-27-12-7-10-19(27)29/h15,18H,4-14,16H2,1-3H3,(H,23,24,25). The molecule has 8 nitrogen and oxygen atoms in total. The van der Waals surface area contributed by atoms with Crippen molar-refractivity contribution in [1.82, 2.24) is 19.8 Å². The van der Waals surface area contributed by atoms with Crippen LogP contribution in [0.15, 0.2) is 6.20 Å². The van der Waals surface area contributed by atoms with E-state index >= 15 is 0 Å². The largest absolute Gasteiger partial charge is 0.370 e. The van der Waals surface area contributed by atoms with Gasteiger partial charge in [-0.05, 0) is 46.5 Å². The first-order chi connectivity index (χ1) is 14.5. The summed E-state index contributed by atoms with van der Waals surface area (Å²) in [4.78, 5) is 39.8. The molecule has 1 N–H and O–H groups in total. The number of aromatic nitrogens is 2. The number of carbonyl (C=O) groups is 2. The normalized spacial score (nSPS) is 19.3. The summed E-state index contributed by atoms with van der Waals surface area (Å²) in [5, 5.41) is 3.41. The SMILES string of the molecule is CCN(CC)C(=O)C1CCCN(c2ncc(C)c(NCCCN3CCCC3=O)n2)C1. The van der Waals surface area contributed by atoms with Gasteiger partial charge in [0.15, 0.2) is 0 Å². The molecule has 1 atom stereocenters. The topological polar surface area (TPSA) is 81.7 Å². The molecule has 0 aromatic carbocycles. The first-order valence-electron chi connectivity index (χ1n) is 11.4. The van der Waals surface area contributed by atoms with E-state index in [1.807, 2.05) is 36.8 Å². The number of likely N-dealkylation sites (tertiary alicyclic amines) is 1. The van der Waals surface area contributed by atoms with Crippen molar-refractivity contribution in [2.45, 2.75) is 52.9 Å². The number of anilines is 2. The summed E-state index contributed by atoms with van der Waals surface area (Å²) in [6.07, 6.45) is 6.32. The Kier molecular flexibility index (Phi) is 7.87. The number of amides is 2. The molecule has 2 aliphatic heterocycles. The third-order valence-electron chi connectivity index (χ3n) is 6.16. The van der Waals surface area contributed by atoms with Gasteiger partial charge < -0.3 is 20.0 Å². The van der Waals surface area contributed by atoms with Gasteiger partial charge in [-0.15, -0.1) is 0 Å². The molecule has 3 heterocycles. The lowest BCUT2D eigenvalue weighted by Crippen LogP contribution is -2.45. The van der Waals surface area contributed by atoms with E-state index in [0.717, 1.165) is 76.3 Å². The summed E-state index contributed by atoms with van der Waals surface area (Å²) in [6, 6.07) is 0. The van der Waals surface area contributed by atoms with Crippen LogP contribution in [0.3, 0.4) is 0 Å². The summed E-state index contributed by atoms with van der Waals surface area (Å²) in [5.74, 6) is 2.05. The highest BCUT2D eigenvalue weighted by molar-refractivity contribution is 5.79. The highest BCUT2D eigenvalue weighted by Crippen LogP contribution is 2.24. The molecule has 0 aliphatic carbocycles. The predicted octanol–water partition coefficient (Wildman–Crippen LogP) is 2.29. The fourth-order valence-corrected chi connectivity index (χ4v) is 4.34. The Hall–Kier alpha value is -2.38. The fraction of sp³-hybridized carbons (Fsp3) is 0.727. The van der Waals surface area contributed by atoms with Crippen LogP contribution < -0.4 is 10.2 Å². The average Bonchev–Trinajstić information content (AvgIpc) is 3.18. The molecule has 1 aromatic rings. The molecule has 3 rings (SSSR count). The second-order valence-corrected chi connectivity index (χ2v) is 8.26. The lowest BCUT2D eigenvalue weighted by atomic mass is 9.96. The average molecular weight is 417 g/mol. The van der Waals surface area contributed by atoms with Crippen LogP contribution in [0.25, 0.3) is 0 Å². The van der Waals surface area contributed by atoms with Crippen LogP contribution in [0.2, 0.25) is 0 Å². The molecular formula is C22H36N6O2. The molecule has 30 heavy (non-hydrogen) atoms. The number of rotatable bonds is 9. The zero-order valence-electron chi connectivity index (χ0n) is 18.7. The maximum atomic E-state index is 12.8. The van der Waals surface area contributed by atoms with E-state index in [0.29, 0.717) is 18.9 Å². The molecule has 0 spiro atoms. The number of carbonyl (C=O) groups excluding carboxylic acids is 2. The van der Waals surface area contributed by atoms with E-state index in [2.05, 4.69) is 15.2 Å². The summed E-state index contributed by atoms with van der Waals surface area (Å²) in [6.45, 7) is 11.6. The Morgan fingerprint density at radius 3 is 2.77 bits per heavy atom. The number of nitrogens with one attached hydrogen (secondary N) is 1. The minimum absolute atomic E-state index is 0.0120. The molecule has 8 heteroatoms. The van der Waals surface area contributed by atoms with Crippen LogP contribution in [-0.2, 0) is 9.59 Å². The Bertz CT molecular complexity index is 736. The smallest absolute Gasteiger partial charge is 0.227 e. The van der Waals surface area contributed by atoms with Crippen LogP contribution in [0.1, 0.15) is 51.5 Å². The lowest BCUT2D eigenvalue weighted by Gasteiger charge is -2.34. The maximum absolute atomic E-state index is 12.8. The second kappa shape index (κ2) is 10.6. The Morgan fingerprint density at radius 2 is 2.07 bits per heavy atom. The maximum Gasteiger partial charge on any atom is 0.227 e. The molecule has 2 fully saturated rings. The van der Waals surface area contributed by atoms with E-state index in [1.165, 1.54) is 0 Å². The summed E-state index contributed by atoms with van der Waals surface area (Å²) >= 11 is 0. The fourth-order valence-electron chi connectivity index (χ4n) is 4.34. The van der Waals surface area contributed by atoms with Crippen LogP contribution in [0.4, 0.5) is 11.8 Å². The molecule has 0 radical (unpaired) electrons. The van der Waals surface area contributed by atoms with Gasteiger partial charge in [0.1, 0.15) is 5.82 Å². The van der Waals surface area contributed by atoms with Crippen LogP contribution in [0.5, 0.6) is 0 Å². The highest BCUT2D eigenvalue weighted by atomic mass is 16.2. The molecule has 2 amide bonds. The van der Waals surface area contributed by atoms with Crippen molar-refractivity contribution in [3.8, 4) is 0 Å². The monoisotopic (exact) mass is 416 g/mol. The predicted molar refractivity (Wildman–Crippen MR) is 119 cm³/mol. The lowest BCUT2D eigenvalue weighted by molar-refractivity contribution is -0.135. The number of piperidine rings is 1. The van der Waals surface area contributed by atoms with E-state index in [4.69, 9.17) is 4.98 Å². The van der Waals surface area contributed by atoms with Crippen LogP contribution >= 0.6 is 0 Å². The van der Waals surface area contributed by atoms with Gasteiger partial charge in [0.2, 0.25) is 17.8 Å². The molecule has 0 bridgehead atoms. The molecule has 1 unspecified atom stereocenters. The molecule has 0 saturated carbocycles. The van der Waals surface area contributed by atoms with Gasteiger partial charge in [0.05, 0.1) is 5.92 Å². The van der Waals surface area contributed by atoms with Crippen molar-refractivity contribution in [3.05, 3.63) is 11.8 Å². The van der Waals surface area contributed by atoms with Crippen molar-refractivity contribution in [1.29, 1.82) is 0 Å². The van der Waals surface area contributed by atoms with Crippen molar-refractivity contribution in [3.63, 3.8) is 0 Å². The highest BCUT2D eigenvalue weighted by Gasteiger charge is 2.29. The van der Waals surface area contributed by atoms with Gasteiger partial charge in [-0.3, -0.25) is 9.59 Å². The molecule has 2 saturated heterocycles. The summed E-state index contributed by atoms with van der Waals surface area (Å²) in [7, 11) is 0. The van der Waals surface area contributed by atoms with E-state index in [-0.39, 0.29) is 17.7 Å². The number of nitrogens with zero attached hydrogens (tertiary/aromatic N) is 5. The van der Waals surface area contributed by atoms with Gasteiger partial charge in [-0.2, -0.15) is 4.98 Å². The molecule has 1 aromatic heterocycles. The minimum Gasteiger partial charge on any atom is -0.370 e. The Morgan fingerprint density at radius 1 is 1.27 bits per heavy atom. The van der Waals surface area contributed by atoms with Crippen molar-refractivity contribution < 1.29 is 9.59 Å². The van der Waals surface area contributed by atoms with E-state index < -0.39 is 0 Å². The quantitative estimate of drug-likeness (QED) is 0.622. The van der Waals surface area contributed by atoms with Crippen molar-refractivity contribution in [2.75, 3.05) is 56.0 Å². The molecule has 2 aliphatic rings. The molecule has 166 valence electrons. The zero-order valence-corrected chi connectivity index (χ0v) is 18.7. The van der Waals surface area contributed by atoms with Gasteiger partial charge in [0.25, 0.3) is 0 Å². The Balaban J connectivity index is 1.57. The number of hydrogen-bond donors (Lipinski definition) is 1. The van der Waals surface area contributed by atoms with Gasteiger partial charge in [-0.25, -0.2) is 4.98 Å². The minimum atomic E-state index is 0.0120. The molecular weight excluding hydrogens is 380 g/mol. The van der Waals surface area contributed by atoms with Crippen LogP contribution in [0, 0.1) is 12.8 Å². The third kappa shape index (κ3) is 5.40.